The van der Waals surface area contributed by atoms with E-state index in [9.17, 15) is 30.0 Å². The van der Waals surface area contributed by atoms with Gasteiger partial charge < -0.3 is 34.8 Å². The molecule has 0 unspecified atom stereocenters. The standard InChI is InChI=1S/C10H12O7/c1-4(9(13)14)17-7-3-5(10(15)16)2-6(11)8(7)12/h2,6-8,11-12H,1,3H2,(H,13,14)(H,15,16)/p-2/t6-,7-,8-/m1/s1. The predicted molar refractivity (Wildman–Crippen MR) is 48.7 cm³/mol. The summed E-state index contributed by atoms with van der Waals surface area (Å²) in [6.45, 7) is 3.02. The van der Waals surface area contributed by atoms with Crippen molar-refractivity contribution in [2.24, 2.45) is 0 Å². The molecule has 0 saturated carbocycles. The Bertz CT molecular complexity index is 384. The highest BCUT2D eigenvalue weighted by Crippen LogP contribution is 2.23. The van der Waals surface area contributed by atoms with E-state index in [1.54, 1.807) is 0 Å². The van der Waals surface area contributed by atoms with E-state index >= 15 is 0 Å². The molecule has 3 atom stereocenters. The van der Waals surface area contributed by atoms with Gasteiger partial charge in [0.1, 0.15) is 30.0 Å². The lowest BCUT2D eigenvalue weighted by molar-refractivity contribution is -0.304. The van der Waals surface area contributed by atoms with E-state index in [4.69, 9.17) is 4.74 Å². The highest BCUT2D eigenvalue weighted by atomic mass is 16.5. The fourth-order valence-electron chi connectivity index (χ4n) is 1.42. The Morgan fingerprint density at radius 2 is 2.00 bits per heavy atom. The maximum Gasteiger partial charge on any atom is 0.135 e. The number of carboxylic acid groups (broad SMARTS) is 2. The van der Waals surface area contributed by atoms with Crippen LogP contribution in [0.25, 0.3) is 0 Å². The van der Waals surface area contributed by atoms with Crippen LogP contribution in [0, 0.1) is 0 Å². The van der Waals surface area contributed by atoms with E-state index in [0.717, 1.165) is 6.08 Å². The molecule has 0 aromatic rings. The number of hydrogen-bond acceptors (Lipinski definition) is 7. The first kappa shape index (κ1) is 13.2. The van der Waals surface area contributed by atoms with Crippen LogP contribution in [0.5, 0.6) is 0 Å². The third-order valence-corrected chi connectivity index (χ3v) is 2.31. The fourth-order valence-corrected chi connectivity index (χ4v) is 1.42. The molecule has 0 fully saturated rings. The van der Waals surface area contributed by atoms with Crippen molar-refractivity contribution in [3.05, 3.63) is 24.0 Å². The van der Waals surface area contributed by atoms with Gasteiger partial charge in [-0.1, -0.05) is 6.58 Å². The zero-order valence-electron chi connectivity index (χ0n) is 8.66. The molecule has 0 aliphatic heterocycles. The van der Waals surface area contributed by atoms with Crippen LogP contribution in [0.4, 0.5) is 0 Å². The summed E-state index contributed by atoms with van der Waals surface area (Å²) in [6.07, 6.45) is -3.53. The van der Waals surface area contributed by atoms with Crippen LogP contribution in [0.1, 0.15) is 6.42 Å². The summed E-state index contributed by atoms with van der Waals surface area (Å²) >= 11 is 0. The number of carbonyl (C=O) groups is 2. The fraction of sp³-hybridized carbons (Fsp3) is 0.400. The van der Waals surface area contributed by atoms with Gasteiger partial charge in [-0.15, -0.1) is 0 Å². The normalized spacial score (nSPS) is 28.1. The topological polar surface area (TPSA) is 130 Å². The molecule has 7 nitrogen and oxygen atoms in total. The Kier molecular flexibility index (Phi) is 3.87. The minimum absolute atomic E-state index is 0.279. The van der Waals surface area contributed by atoms with E-state index in [0.29, 0.717) is 0 Å². The van der Waals surface area contributed by atoms with Crippen LogP contribution in [-0.4, -0.2) is 40.5 Å². The lowest BCUT2D eigenvalue weighted by Crippen LogP contribution is -2.45. The molecule has 94 valence electrons. The molecule has 0 spiro atoms. The molecule has 0 aromatic heterocycles. The number of carbonyl (C=O) groups excluding carboxylic acids is 2. The van der Waals surface area contributed by atoms with Crippen molar-refractivity contribution in [3.8, 4) is 0 Å². The van der Waals surface area contributed by atoms with Gasteiger partial charge >= 0.3 is 0 Å². The van der Waals surface area contributed by atoms with Gasteiger partial charge in [-0.05, 0) is 11.6 Å². The van der Waals surface area contributed by atoms with Gasteiger partial charge in [-0.2, -0.15) is 0 Å². The lowest BCUT2D eigenvalue weighted by Gasteiger charge is -2.32. The van der Waals surface area contributed by atoms with Gasteiger partial charge in [0, 0.05) is 6.42 Å². The maximum atomic E-state index is 10.6. The van der Waals surface area contributed by atoms with Gasteiger partial charge in [-0.25, -0.2) is 0 Å². The first-order valence-electron chi connectivity index (χ1n) is 4.68. The Morgan fingerprint density at radius 1 is 1.41 bits per heavy atom. The average molecular weight is 242 g/mol. The summed E-state index contributed by atoms with van der Waals surface area (Å²) < 4.78 is 4.72. The van der Waals surface area contributed by atoms with Crippen LogP contribution >= 0.6 is 0 Å². The largest absolute Gasteiger partial charge is 0.545 e. The zero-order chi connectivity index (χ0) is 13.2. The molecule has 1 rings (SSSR count). The molecular weight excluding hydrogens is 232 g/mol. The van der Waals surface area contributed by atoms with Crippen molar-refractivity contribution in [1.82, 2.24) is 0 Å². The second-order valence-corrected chi connectivity index (χ2v) is 3.53. The molecule has 1 aliphatic rings. The van der Waals surface area contributed by atoms with Crippen molar-refractivity contribution >= 4 is 11.9 Å². The predicted octanol–water partition coefficient (Wildman–Crippen LogP) is -3.56. The lowest BCUT2D eigenvalue weighted by atomic mass is 9.92. The summed E-state index contributed by atoms with van der Waals surface area (Å²) in [7, 11) is 0. The van der Waals surface area contributed by atoms with E-state index in [1.807, 2.05) is 0 Å². The smallest absolute Gasteiger partial charge is 0.135 e. The summed E-state index contributed by atoms with van der Waals surface area (Å²) in [6, 6.07) is 0. The summed E-state index contributed by atoms with van der Waals surface area (Å²) in [4.78, 5) is 20.9. The zero-order valence-corrected chi connectivity index (χ0v) is 8.66. The Balaban J connectivity index is 2.81. The first-order valence-corrected chi connectivity index (χ1v) is 4.68. The van der Waals surface area contributed by atoms with Gasteiger partial charge in [-0.3, -0.25) is 0 Å². The molecule has 1 aliphatic carbocycles. The third-order valence-electron chi connectivity index (χ3n) is 2.31. The van der Waals surface area contributed by atoms with Crippen LogP contribution in [0.3, 0.4) is 0 Å². The number of carboxylic acids is 2. The molecule has 17 heavy (non-hydrogen) atoms. The Labute approximate surface area is 96.3 Å². The Hall–Kier alpha value is -1.86. The van der Waals surface area contributed by atoms with Crippen molar-refractivity contribution in [3.63, 3.8) is 0 Å². The number of aliphatic hydroxyl groups excluding tert-OH is 2. The highest BCUT2D eigenvalue weighted by molar-refractivity contribution is 5.85. The third kappa shape index (κ3) is 3.05. The second-order valence-electron chi connectivity index (χ2n) is 3.53. The number of hydrogen-bond donors (Lipinski definition) is 2. The molecule has 0 aromatic carbocycles. The average Bonchev–Trinajstić information content (AvgIpc) is 2.23. The van der Waals surface area contributed by atoms with E-state index < -0.39 is 36.0 Å². The molecule has 2 N–H and O–H groups in total. The van der Waals surface area contributed by atoms with Crippen molar-refractivity contribution < 1.29 is 34.8 Å². The van der Waals surface area contributed by atoms with Crippen molar-refractivity contribution in [1.29, 1.82) is 0 Å². The molecule has 0 bridgehead atoms. The van der Waals surface area contributed by atoms with E-state index in [-0.39, 0.29) is 12.0 Å². The van der Waals surface area contributed by atoms with Crippen LogP contribution in [0.15, 0.2) is 24.0 Å². The van der Waals surface area contributed by atoms with Crippen LogP contribution < -0.4 is 10.2 Å². The first-order chi connectivity index (χ1) is 7.82. The van der Waals surface area contributed by atoms with Gasteiger partial charge in [0.15, 0.2) is 0 Å². The Morgan fingerprint density at radius 3 is 2.47 bits per heavy atom. The number of aliphatic hydroxyl groups is 2. The summed E-state index contributed by atoms with van der Waals surface area (Å²) in [5, 5.41) is 39.8. The van der Waals surface area contributed by atoms with Crippen molar-refractivity contribution in [2.45, 2.75) is 24.7 Å². The maximum absolute atomic E-state index is 10.6. The molecule has 0 heterocycles. The quantitative estimate of drug-likeness (QED) is 0.385. The van der Waals surface area contributed by atoms with E-state index in [1.165, 1.54) is 0 Å². The molecule has 0 saturated heterocycles. The van der Waals surface area contributed by atoms with Gasteiger partial charge in [0.25, 0.3) is 0 Å². The minimum atomic E-state index is -1.68. The number of ether oxygens (including phenoxy) is 1. The summed E-state index contributed by atoms with van der Waals surface area (Å²) in [5.74, 6) is -3.96. The van der Waals surface area contributed by atoms with Crippen molar-refractivity contribution in [2.75, 3.05) is 0 Å². The molecule has 0 radical (unpaired) electrons. The van der Waals surface area contributed by atoms with Crippen LogP contribution in [-0.2, 0) is 14.3 Å². The van der Waals surface area contributed by atoms with Gasteiger partial charge in [0.05, 0.1) is 5.97 Å². The SMILES string of the molecule is C=C(O[C@@H]1CC(C(=O)[O-])=C[C@@H](O)[C@H]1O)C(=O)[O-]. The monoisotopic (exact) mass is 242 g/mol. The minimum Gasteiger partial charge on any atom is -0.545 e. The molecule has 7 heteroatoms. The molecule has 0 amide bonds. The second kappa shape index (κ2) is 4.98. The molecular formula is C10H10O7-2. The van der Waals surface area contributed by atoms with Crippen LogP contribution in [0.2, 0.25) is 0 Å². The number of rotatable bonds is 4. The van der Waals surface area contributed by atoms with E-state index in [2.05, 4.69) is 6.58 Å². The highest BCUT2D eigenvalue weighted by Gasteiger charge is 2.33. The van der Waals surface area contributed by atoms with Gasteiger partial charge in [0.2, 0.25) is 0 Å². The number of aliphatic carboxylic acids is 2. The summed E-state index contributed by atoms with van der Waals surface area (Å²) in [5.41, 5.74) is -0.279.